The molecule has 0 saturated heterocycles. The number of nitrogens with one attached hydrogen (secondary N) is 2. The summed E-state index contributed by atoms with van der Waals surface area (Å²) in [6.45, 7) is 0. The zero-order valence-electron chi connectivity index (χ0n) is 12.8. The van der Waals surface area contributed by atoms with Gasteiger partial charge >= 0.3 is 0 Å². The van der Waals surface area contributed by atoms with E-state index in [0.29, 0.717) is 23.1 Å². The lowest BCUT2D eigenvalue weighted by Crippen LogP contribution is -2.02. The molecule has 24 heavy (non-hydrogen) atoms. The van der Waals surface area contributed by atoms with E-state index in [-0.39, 0.29) is 5.69 Å². The lowest BCUT2D eigenvalue weighted by atomic mass is 10.2. The van der Waals surface area contributed by atoms with Crippen LogP contribution in [-0.4, -0.2) is 26.9 Å². The fourth-order valence-corrected chi connectivity index (χ4v) is 2.10. The van der Waals surface area contributed by atoms with E-state index in [1.165, 1.54) is 12.1 Å². The van der Waals surface area contributed by atoms with Gasteiger partial charge in [0.15, 0.2) is 0 Å². The number of benzene rings is 1. The Labute approximate surface area is 137 Å². The maximum Gasteiger partial charge on any atom is 0.269 e. The lowest BCUT2D eigenvalue weighted by molar-refractivity contribution is -0.384. The van der Waals surface area contributed by atoms with E-state index < -0.39 is 4.92 Å². The molecule has 0 fully saturated rings. The molecule has 2 N–H and O–H groups in total. The second kappa shape index (κ2) is 6.69. The van der Waals surface area contributed by atoms with Crippen molar-refractivity contribution in [2.24, 2.45) is 0 Å². The SMILES string of the molecule is CNc1nc(Nc2ccc([N+](=O)[O-])cc2)cc(-c2cccnc2)n1. The largest absolute Gasteiger partial charge is 0.357 e. The minimum atomic E-state index is -0.436. The quantitative estimate of drug-likeness (QED) is 0.548. The van der Waals surface area contributed by atoms with Crippen LogP contribution in [0.4, 0.5) is 23.1 Å². The summed E-state index contributed by atoms with van der Waals surface area (Å²) in [5.74, 6) is 1.03. The summed E-state index contributed by atoms with van der Waals surface area (Å²) < 4.78 is 0. The zero-order chi connectivity index (χ0) is 16.9. The van der Waals surface area contributed by atoms with E-state index in [9.17, 15) is 10.1 Å². The summed E-state index contributed by atoms with van der Waals surface area (Å²) in [4.78, 5) is 23.1. The molecule has 0 aliphatic rings. The van der Waals surface area contributed by atoms with Crippen LogP contribution in [0.3, 0.4) is 0 Å². The van der Waals surface area contributed by atoms with Gasteiger partial charge in [0.2, 0.25) is 5.95 Å². The molecule has 8 heteroatoms. The molecule has 1 aromatic carbocycles. The first-order valence-electron chi connectivity index (χ1n) is 7.14. The van der Waals surface area contributed by atoms with Crippen molar-refractivity contribution in [1.29, 1.82) is 0 Å². The molecule has 0 atom stereocenters. The fraction of sp³-hybridized carbons (Fsp3) is 0.0625. The lowest BCUT2D eigenvalue weighted by Gasteiger charge is -2.09. The van der Waals surface area contributed by atoms with Crippen LogP contribution in [0.5, 0.6) is 0 Å². The van der Waals surface area contributed by atoms with Gasteiger partial charge in [-0.05, 0) is 24.3 Å². The molecule has 0 bridgehead atoms. The van der Waals surface area contributed by atoms with Crippen molar-refractivity contribution in [3.63, 3.8) is 0 Å². The maximum atomic E-state index is 10.7. The first kappa shape index (κ1) is 15.3. The number of non-ortho nitro benzene ring substituents is 1. The maximum absolute atomic E-state index is 10.7. The predicted molar refractivity (Wildman–Crippen MR) is 91.2 cm³/mol. The number of nitrogens with zero attached hydrogens (tertiary/aromatic N) is 4. The number of anilines is 3. The number of hydrogen-bond acceptors (Lipinski definition) is 7. The van der Waals surface area contributed by atoms with Crippen molar-refractivity contribution in [3.05, 3.63) is 65.0 Å². The van der Waals surface area contributed by atoms with Gasteiger partial charge in [-0.3, -0.25) is 15.1 Å². The standard InChI is InChI=1S/C16H14N6O2/c1-17-16-20-14(11-3-2-8-18-10-11)9-15(21-16)19-12-4-6-13(7-5-12)22(23)24/h2-10H,1H3,(H2,17,19,20,21). The summed E-state index contributed by atoms with van der Waals surface area (Å²) >= 11 is 0. The number of nitro groups is 1. The Morgan fingerprint density at radius 2 is 1.92 bits per heavy atom. The second-order valence-corrected chi connectivity index (χ2v) is 4.88. The number of rotatable bonds is 5. The van der Waals surface area contributed by atoms with Crippen molar-refractivity contribution < 1.29 is 4.92 Å². The summed E-state index contributed by atoms with van der Waals surface area (Å²) in [6.07, 6.45) is 3.41. The molecule has 0 unspecified atom stereocenters. The Hall–Kier alpha value is -3.55. The topological polar surface area (TPSA) is 106 Å². The van der Waals surface area contributed by atoms with Crippen molar-refractivity contribution in [2.45, 2.75) is 0 Å². The molecule has 0 amide bonds. The van der Waals surface area contributed by atoms with Crippen molar-refractivity contribution in [2.75, 3.05) is 17.7 Å². The minimum Gasteiger partial charge on any atom is -0.357 e. The van der Waals surface area contributed by atoms with E-state index in [4.69, 9.17) is 0 Å². The number of aromatic nitrogens is 3. The Morgan fingerprint density at radius 1 is 1.12 bits per heavy atom. The minimum absolute atomic E-state index is 0.0372. The average Bonchev–Trinajstić information content (AvgIpc) is 2.62. The summed E-state index contributed by atoms with van der Waals surface area (Å²) in [5.41, 5.74) is 2.31. The molecule has 2 heterocycles. The van der Waals surface area contributed by atoms with Crippen molar-refractivity contribution in [1.82, 2.24) is 15.0 Å². The third-order valence-corrected chi connectivity index (χ3v) is 3.26. The number of hydrogen-bond donors (Lipinski definition) is 2. The van der Waals surface area contributed by atoms with Crippen LogP contribution in [0.1, 0.15) is 0 Å². The van der Waals surface area contributed by atoms with Crippen LogP contribution in [0.2, 0.25) is 0 Å². The predicted octanol–water partition coefficient (Wildman–Crippen LogP) is 3.23. The summed E-state index contributed by atoms with van der Waals surface area (Å²) in [5, 5.41) is 16.7. The van der Waals surface area contributed by atoms with Gasteiger partial charge in [-0.15, -0.1) is 0 Å². The van der Waals surface area contributed by atoms with Crippen LogP contribution in [0.15, 0.2) is 54.9 Å². The molecule has 0 aliphatic heterocycles. The first-order valence-corrected chi connectivity index (χ1v) is 7.14. The van der Waals surface area contributed by atoms with E-state index in [1.807, 2.05) is 12.1 Å². The monoisotopic (exact) mass is 322 g/mol. The zero-order valence-corrected chi connectivity index (χ0v) is 12.8. The van der Waals surface area contributed by atoms with Crippen LogP contribution in [0, 0.1) is 10.1 Å². The van der Waals surface area contributed by atoms with Gasteiger partial charge in [-0.1, -0.05) is 0 Å². The Bertz CT molecular complexity index is 852. The van der Waals surface area contributed by atoms with E-state index >= 15 is 0 Å². The average molecular weight is 322 g/mol. The molecular weight excluding hydrogens is 308 g/mol. The molecular formula is C16H14N6O2. The Kier molecular flexibility index (Phi) is 4.28. The van der Waals surface area contributed by atoms with Crippen LogP contribution >= 0.6 is 0 Å². The first-order chi connectivity index (χ1) is 11.7. The molecule has 8 nitrogen and oxygen atoms in total. The third kappa shape index (κ3) is 3.43. The van der Waals surface area contributed by atoms with E-state index in [2.05, 4.69) is 25.6 Å². The second-order valence-electron chi connectivity index (χ2n) is 4.88. The molecule has 2 aromatic heterocycles. The van der Waals surface area contributed by atoms with Gasteiger partial charge in [0.05, 0.1) is 10.6 Å². The Morgan fingerprint density at radius 3 is 2.54 bits per heavy atom. The van der Waals surface area contributed by atoms with Gasteiger partial charge in [0.1, 0.15) is 5.82 Å². The number of nitro benzene ring substituents is 1. The highest BCUT2D eigenvalue weighted by molar-refractivity contribution is 5.67. The van der Waals surface area contributed by atoms with Gasteiger partial charge < -0.3 is 10.6 Å². The Balaban J connectivity index is 1.91. The highest BCUT2D eigenvalue weighted by Crippen LogP contribution is 2.24. The summed E-state index contributed by atoms with van der Waals surface area (Å²) in [6, 6.07) is 11.7. The molecule has 0 aliphatic carbocycles. The molecule has 0 saturated carbocycles. The number of pyridine rings is 1. The van der Waals surface area contributed by atoms with Crippen LogP contribution in [-0.2, 0) is 0 Å². The highest BCUT2D eigenvalue weighted by atomic mass is 16.6. The van der Waals surface area contributed by atoms with Gasteiger partial charge in [-0.2, -0.15) is 4.98 Å². The summed E-state index contributed by atoms with van der Waals surface area (Å²) in [7, 11) is 1.73. The van der Waals surface area contributed by atoms with E-state index in [0.717, 1.165) is 5.56 Å². The molecule has 0 radical (unpaired) electrons. The van der Waals surface area contributed by atoms with Gasteiger partial charge in [-0.25, -0.2) is 4.98 Å². The third-order valence-electron chi connectivity index (χ3n) is 3.26. The van der Waals surface area contributed by atoms with Crippen molar-refractivity contribution >= 4 is 23.1 Å². The molecule has 3 aromatic rings. The molecule has 120 valence electrons. The van der Waals surface area contributed by atoms with Crippen molar-refractivity contribution in [3.8, 4) is 11.3 Å². The fourth-order valence-electron chi connectivity index (χ4n) is 2.10. The molecule has 3 rings (SSSR count). The highest BCUT2D eigenvalue weighted by Gasteiger charge is 2.08. The van der Waals surface area contributed by atoms with Crippen LogP contribution in [0.25, 0.3) is 11.3 Å². The van der Waals surface area contributed by atoms with Gasteiger partial charge in [0, 0.05) is 48.9 Å². The van der Waals surface area contributed by atoms with Crippen LogP contribution < -0.4 is 10.6 Å². The smallest absolute Gasteiger partial charge is 0.269 e. The van der Waals surface area contributed by atoms with E-state index in [1.54, 1.807) is 37.6 Å². The molecule has 0 spiro atoms. The van der Waals surface area contributed by atoms with Gasteiger partial charge in [0.25, 0.3) is 5.69 Å². The normalized spacial score (nSPS) is 10.2.